The van der Waals surface area contributed by atoms with Crippen LogP contribution in [0.1, 0.15) is 43.0 Å². The summed E-state index contributed by atoms with van der Waals surface area (Å²) >= 11 is 1.50. The van der Waals surface area contributed by atoms with Crippen LogP contribution in [0.4, 0.5) is 5.13 Å². The first kappa shape index (κ1) is 22.6. The number of ketones is 1. The van der Waals surface area contributed by atoms with Gasteiger partial charge in [0.05, 0.1) is 16.8 Å². The van der Waals surface area contributed by atoms with Crippen LogP contribution in [0, 0.1) is 13.8 Å². The minimum Gasteiger partial charge on any atom is -0.289 e. The van der Waals surface area contributed by atoms with Crippen LogP contribution in [0.5, 0.6) is 0 Å². The van der Waals surface area contributed by atoms with Crippen molar-refractivity contribution in [2.45, 2.75) is 20.4 Å². The van der Waals surface area contributed by atoms with E-state index in [0.717, 1.165) is 21.3 Å². The van der Waals surface area contributed by atoms with Gasteiger partial charge in [-0.25, -0.2) is 4.98 Å². The summed E-state index contributed by atoms with van der Waals surface area (Å²) in [6, 6.07) is 23.9. The van der Waals surface area contributed by atoms with E-state index in [1.165, 1.54) is 16.9 Å². The Labute approximate surface area is 207 Å². The maximum atomic E-state index is 13.7. The fourth-order valence-corrected chi connectivity index (χ4v) is 4.90. The number of pyridine rings is 1. The molecule has 5 aromatic rings. The molecular weight excluding hydrogens is 454 g/mol. The van der Waals surface area contributed by atoms with Gasteiger partial charge in [-0.2, -0.15) is 0 Å². The van der Waals surface area contributed by atoms with Crippen LogP contribution in [-0.2, 0) is 6.54 Å². The minimum absolute atomic E-state index is 0.0753. The fraction of sp³-hybridized carbons (Fsp3) is 0.103. The zero-order valence-electron chi connectivity index (χ0n) is 19.4. The number of hydrogen-bond acceptors (Lipinski definition) is 5. The van der Waals surface area contributed by atoms with Gasteiger partial charge in [-0.3, -0.25) is 19.5 Å². The van der Waals surface area contributed by atoms with E-state index in [9.17, 15) is 9.59 Å². The molecular formula is C29H23N3O2S. The van der Waals surface area contributed by atoms with Gasteiger partial charge in [0.15, 0.2) is 10.9 Å². The summed E-state index contributed by atoms with van der Waals surface area (Å²) in [4.78, 5) is 37.1. The lowest BCUT2D eigenvalue weighted by molar-refractivity contribution is 0.0982. The lowest BCUT2D eigenvalue weighted by Crippen LogP contribution is -2.30. The molecule has 6 heteroatoms. The molecule has 0 N–H and O–H groups in total. The van der Waals surface area contributed by atoms with Crippen molar-refractivity contribution in [3.05, 3.63) is 125 Å². The van der Waals surface area contributed by atoms with E-state index in [0.29, 0.717) is 28.4 Å². The zero-order chi connectivity index (χ0) is 24.4. The Morgan fingerprint density at radius 2 is 1.51 bits per heavy atom. The van der Waals surface area contributed by atoms with E-state index >= 15 is 0 Å². The van der Waals surface area contributed by atoms with Gasteiger partial charge in [0.2, 0.25) is 0 Å². The molecule has 0 atom stereocenters. The number of fused-ring (bicyclic) bond motifs is 1. The summed E-state index contributed by atoms with van der Waals surface area (Å²) in [5.74, 6) is -0.256. The van der Waals surface area contributed by atoms with E-state index in [1.807, 2.05) is 30.3 Å². The highest BCUT2D eigenvalue weighted by Gasteiger charge is 2.22. The van der Waals surface area contributed by atoms with E-state index in [1.54, 1.807) is 53.7 Å². The third kappa shape index (κ3) is 4.74. The predicted molar refractivity (Wildman–Crippen MR) is 140 cm³/mol. The molecule has 0 fully saturated rings. The molecule has 5 nitrogen and oxygen atoms in total. The number of benzene rings is 3. The highest BCUT2D eigenvalue weighted by Crippen LogP contribution is 2.32. The molecule has 1 amide bonds. The highest BCUT2D eigenvalue weighted by molar-refractivity contribution is 7.22. The molecule has 3 aromatic carbocycles. The van der Waals surface area contributed by atoms with Crippen molar-refractivity contribution >= 4 is 38.4 Å². The maximum Gasteiger partial charge on any atom is 0.260 e. The van der Waals surface area contributed by atoms with Gasteiger partial charge < -0.3 is 0 Å². The van der Waals surface area contributed by atoms with Gasteiger partial charge >= 0.3 is 0 Å². The number of rotatable bonds is 6. The van der Waals surface area contributed by atoms with Crippen LogP contribution in [0.3, 0.4) is 0 Å². The van der Waals surface area contributed by atoms with Crippen LogP contribution in [-0.4, -0.2) is 21.7 Å². The Kier molecular flexibility index (Phi) is 6.21. The molecule has 0 aliphatic carbocycles. The van der Waals surface area contributed by atoms with Crippen molar-refractivity contribution in [1.82, 2.24) is 9.97 Å². The summed E-state index contributed by atoms with van der Waals surface area (Å²) in [5.41, 5.74) is 5.78. The van der Waals surface area contributed by atoms with Crippen LogP contribution >= 0.6 is 11.3 Å². The zero-order valence-corrected chi connectivity index (χ0v) is 20.3. The summed E-state index contributed by atoms with van der Waals surface area (Å²) in [6.45, 7) is 4.48. The van der Waals surface area contributed by atoms with Crippen molar-refractivity contribution in [3.8, 4) is 0 Å². The first-order valence-electron chi connectivity index (χ1n) is 11.3. The van der Waals surface area contributed by atoms with Gasteiger partial charge in [0, 0.05) is 29.1 Å². The number of carbonyl (C=O) groups is 2. The lowest BCUT2D eigenvalue weighted by Gasteiger charge is -2.20. The van der Waals surface area contributed by atoms with Crippen molar-refractivity contribution in [1.29, 1.82) is 0 Å². The SMILES string of the molecule is Cc1cc2nc(N(Cc3cccnc3)C(=O)c3ccc(C(=O)c4ccccc4)cc3)sc2cc1C. The van der Waals surface area contributed by atoms with Crippen molar-refractivity contribution in [2.75, 3.05) is 4.90 Å². The Hall–Kier alpha value is -4.16. The van der Waals surface area contributed by atoms with E-state index < -0.39 is 0 Å². The van der Waals surface area contributed by atoms with Crippen LogP contribution in [0.2, 0.25) is 0 Å². The van der Waals surface area contributed by atoms with Crippen molar-refractivity contribution in [3.63, 3.8) is 0 Å². The second kappa shape index (κ2) is 9.60. The second-order valence-corrected chi connectivity index (χ2v) is 9.43. The minimum atomic E-state index is -0.180. The number of nitrogens with zero attached hydrogens (tertiary/aromatic N) is 3. The molecule has 2 aromatic heterocycles. The number of amides is 1. The summed E-state index contributed by atoms with van der Waals surface area (Å²) in [6.07, 6.45) is 3.46. The lowest BCUT2D eigenvalue weighted by atomic mass is 10.0. The summed E-state index contributed by atoms with van der Waals surface area (Å²) < 4.78 is 1.04. The Morgan fingerprint density at radius 1 is 0.829 bits per heavy atom. The first-order chi connectivity index (χ1) is 17.0. The monoisotopic (exact) mass is 477 g/mol. The van der Waals surface area contributed by atoms with E-state index in [2.05, 4.69) is 31.0 Å². The topological polar surface area (TPSA) is 63.2 Å². The number of anilines is 1. The number of thiazole rings is 1. The first-order valence-corrected chi connectivity index (χ1v) is 12.1. The third-order valence-electron chi connectivity index (χ3n) is 5.96. The number of aryl methyl sites for hydroxylation is 2. The summed E-state index contributed by atoms with van der Waals surface area (Å²) in [7, 11) is 0. The molecule has 2 heterocycles. The molecule has 0 saturated carbocycles. The maximum absolute atomic E-state index is 13.7. The largest absolute Gasteiger partial charge is 0.289 e. The molecule has 0 radical (unpaired) electrons. The van der Waals surface area contributed by atoms with Gasteiger partial charge in [-0.05, 0) is 60.9 Å². The van der Waals surface area contributed by atoms with Crippen LogP contribution < -0.4 is 4.90 Å². The summed E-state index contributed by atoms with van der Waals surface area (Å²) in [5, 5.41) is 0.628. The quantitative estimate of drug-likeness (QED) is 0.266. The predicted octanol–water partition coefficient (Wildman–Crippen LogP) is 6.39. The van der Waals surface area contributed by atoms with Crippen LogP contribution in [0.25, 0.3) is 10.2 Å². The number of aromatic nitrogens is 2. The third-order valence-corrected chi connectivity index (χ3v) is 7.00. The smallest absolute Gasteiger partial charge is 0.260 e. The van der Waals surface area contributed by atoms with Crippen molar-refractivity contribution < 1.29 is 9.59 Å². The second-order valence-electron chi connectivity index (χ2n) is 8.43. The molecule has 0 saturated heterocycles. The molecule has 172 valence electrons. The molecule has 0 spiro atoms. The molecule has 0 bridgehead atoms. The molecule has 5 rings (SSSR count). The number of carbonyl (C=O) groups excluding carboxylic acids is 2. The normalized spacial score (nSPS) is 10.9. The van der Waals surface area contributed by atoms with E-state index in [-0.39, 0.29) is 11.7 Å². The average Bonchev–Trinajstić information content (AvgIpc) is 3.30. The Bertz CT molecular complexity index is 1470. The van der Waals surface area contributed by atoms with Crippen LogP contribution in [0.15, 0.2) is 91.3 Å². The Morgan fingerprint density at radius 3 is 2.23 bits per heavy atom. The highest BCUT2D eigenvalue weighted by atomic mass is 32.1. The van der Waals surface area contributed by atoms with Crippen molar-refractivity contribution in [2.24, 2.45) is 0 Å². The van der Waals surface area contributed by atoms with Gasteiger partial charge in [0.25, 0.3) is 5.91 Å². The van der Waals surface area contributed by atoms with Gasteiger partial charge in [-0.15, -0.1) is 0 Å². The number of hydrogen-bond donors (Lipinski definition) is 0. The fourth-order valence-electron chi connectivity index (χ4n) is 3.86. The molecule has 35 heavy (non-hydrogen) atoms. The molecule has 0 aliphatic rings. The standard InChI is InChI=1S/C29H23N3O2S/c1-19-15-25-26(16-20(19)2)35-29(31-25)32(18-21-7-6-14-30-17-21)28(34)24-12-10-23(11-13-24)27(33)22-8-4-3-5-9-22/h3-17H,18H2,1-2H3. The average molecular weight is 478 g/mol. The Balaban J connectivity index is 1.49. The van der Waals surface area contributed by atoms with Gasteiger partial charge in [-0.1, -0.05) is 59.9 Å². The molecule has 0 unspecified atom stereocenters. The van der Waals surface area contributed by atoms with Gasteiger partial charge in [0.1, 0.15) is 0 Å². The van der Waals surface area contributed by atoms with E-state index in [4.69, 9.17) is 4.98 Å². The molecule has 0 aliphatic heterocycles.